The third-order valence-electron chi connectivity index (χ3n) is 4.65. The highest BCUT2D eigenvalue weighted by Crippen LogP contribution is 2.28. The highest BCUT2D eigenvalue weighted by molar-refractivity contribution is 9.10. The summed E-state index contributed by atoms with van der Waals surface area (Å²) in [6, 6.07) is 4.92. The molecule has 31 heavy (non-hydrogen) atoms. The van der Waals surface area contributed by atoms with E-state index in [-0.39, 0.29) is 32.4 Å². The van der Waals surface area contributed by atoms with Crippen molar-refractivity contribution in [2.24, 2.45) is 0 Å². The summed E-state index contributed by atoms with van der Waals surface area (Å²) in [4.78, 5) is 21.1. The number of rotatable bonds is 4. The van der Waals surface area contributed by atoms with Crippen molar-refractivity contribution in [3.05, 3.63) is 62.6 Å². The maximum atomic E-state index is 14.4. The van der Waals surface area contributed by atoms with Crippen LogP contribution in [-0.4, -0.2) is 32.4 Å². The van der Waals surface area contributed by atoms with Crippen LogP contribution in [0.2, 0.25) is 0 Å². The van der Waals surface area contributed by atoms with E-state index in [0.29, 0.717) is 4.57 Å². The van der Waals surface area contributed by atoms with Crippen molar-refractivity contribution in [3.63, 3.8) is 0 Å². The van der Waals surface area contributed by atoms with E-state index in [1.54, 1.807) is 0 Å². The summed E-state index contributed by atoms with van der Waals surface area (Å²) in [5.74, 6) is -1.70. The predicted molar refractivity (Wildman–Crippen MR) is 105 cm³/mol. The summed E-state index contributed by atoms with van der Waals surface area (Å²) < 4.78 is 74.7. The Morgan fingerprint density at radius 3 is 2.42 bits per heavy atom. The fourth-order valence-electron chi connectivity index (χ4n) is 3.33. The first-order chi connectivity index (χ1) is 14.6. The van der Waals surface area contributed by atoms with E-state index in [1.807, 2.05) is 0 Å². The standard InChI is InChI=1S/C19H12BrF5N4O2/c1-31-15-3-2-10-16-14(6-26-17(10)27-15)29(8-19(23,24)25)18(30)28(16)7-11-12(21)4-9(20)5-13(11)22/h2-6H,7-8H2,1H3. The Morgan fingerprint density at radius 1 is 1.13 bits per heavy atom. The Bertz CT molecular complexity index is 1360. The number of hydrogen-bond donors (Lipinski definition) is 0. The van der Waals surface area contributed by atoms with Gasteiger partial charge in [-0.25, -0.2) is 18.6 Å². The molecule has 162 valence electrons. The number of methoxy groups -OCH3 is 1. The van der Waals surface area contributed by atoms with E-state index in [1.165, 1.54) is 19.2 Å². The monoisotopic (exact) mass is 502 g/mol. The van der Waals surface area contributed by atoms with Crippen molar-refractivity contribution in [3.8, 4) is 5.88 Å². The Hall–Kier alpha value is -3.02. The fourth-order valence-corrected chi connectivity index (χ4v) is 3.74. The molecule has 0 atom stereocenters. The van der Waals surface area contributed by atoms with Gasteiger partial charge < -0.3 is 4.74 Å². The van der Waals surface area contributed by atoms with Gasteiger partial charge in [0.2, 0.25) is 5.88 Å². The maximum absolute atomic E-state index is 14.4. The van der Waals surface area contributed by atoms with Gasteiger partial charge in [0.1, 0.15) is 18.2 Å². The van der Waals surface area contributed by atoms with Gasteiger partial charge in [-0.05, 0) is 18.2 Å². The first-order valence-corrected chi connectivity index (χ1v) is 9.51. The molecule has 0 unspecified atom stereocenters. The normalized spacial score (nSPS) is 12.1. The van der Waals surface area contributed by atoms with Crippen molar-refractivity contribution in [2.45, 2.75) is 19.3 Å². The molecule has 0 aliphatic rings. The molecule has 4 aromatic rings. The minimum atomic E-state index is -4.70. The van der Waals surface area contributed by atoms with Crippen LogP contribution in [0.25, 0.3) is 22.1 Å². The van der Waals surface area contributed by atoms with Crippen LogP contribution in [0.4, 0.5) is 22.0 Å². The van der Waals surface area contributed by atoms with Gasteiger partial charge in [-0.2, -0.15) is 18.2 Å². The smallest absolute Gasteiger partial charge is 0.406 e. The zero-order valence-corrected chi connectivity index (χ0v) is 17.3. The van der Waals surface area contributed by atoms with Crippen molar-refractivity contribution in [2.75, 3.05) is 7.11 Å². The Kier molecular flexibility index (Phi) is 5.20. The number of pyridine rings is 2. The zero-order chi connectivity index (χ0) is 22.5. The van der Waals surface area contributed by atoms with Gasteiger partial charge in [0.05, 0.1) is 30.9 Å². The van der Waals surface area contributed by atoms with Gasteiger partial charge in [-0.3, -0.25) is 9.13 Å². The lowest BCUT2D eigenvalue weighted by Gasteiger charge is -2.09. The number of fused-ring (bicyclic) bond motifs is 3. The summed E-state index contributed by atoms with van der Waals surface area (Å²) in [6.45, 7) is -2.21. The Morgan fingerprint density at radius 2 is 1.81 bits per heavy atom. The topological polar surface area (TPSA) is 61.9 Å². The number of imidazole rings is 1. The molecule has 0 saturated heterocycles. The Balaban J connectivity index is 2.04. The van der Waals surface area contributed by atoms with Crippen LogP contribution in [-0.2, 0) is 13.1 Å². The maximum Gasteiger partial charge on any atom is 0.406 e. The van der Waals surface area contributed by atoms with Crippen LogP contribution < -0.4 is 10.4 Å². The number of hydrogen-bond acceptors (Lipinski definition) is 4. The third kappa shape index (κ3) is 3.87. The SMILES string of the molecule is COc1ccc2c(ncc3c2n(Cc2c(F)cc(Br)cc2F)c(=O)n3CC(F)(F)F)n1. The number of alkyl halides is 3. The molecule has 4 rings (SSSR count). The van der Waals surface area contributed by atoms with Gasteiger partial charge >= 0.3 is 11.9 Å². The molecule has 0 N–H and O–H groups in total. The predicted octanol–water partition coefficient (Wildman–Crippen LogP) is 4.41. The summed E-state index contributed by atoms with van der Waals surface area (Å²) in [6.07, 6.45) is -3.63. The van der Waals surface area contributed by atoms with Gasteiger partial charge in [0.15, 0.2) is 5.65 Å². The average Bonchev–Trinajstić information content (AvgIpc) is 2.94. The van der Waals surface area contributed by atoms with E-state index >= 15 is 0 Å². The number of benzene rings is 1. The van der Waals surface area contributed by atoms with Gasteiger partial charge in [-0.1, -0.05) is 15.9 Å². The van der Waals surface area contributed by atoms with Crippen LogP contribution in [0.15, 0.2) is 39.7 Å². The number of aromatic nitrogens is 4. The lowest BCUT2D eigenvalue weighted by atomic mass is 10.2. The second-order valence-corrected chi connectivity index (χ2v) is 7.55. The number of halogens is 6. The molecular weight excluding hydrogens is 491 g/mol. The van der Waals surface area contributed by atoms with Gasteiger partial charge in [-0.15, -0.1) is 0 Å². The molecule has 0 bridgehead atoms. The minimum absolute atomic E-state index is 0.0242. The van der Waals surface area contributed by atoms with E-state index in [0.717, 1.165) is 22.9 Å². The van der Waals surface area contributed by atoms with E-state index < -0.39 is 42.2 Å². The molecule has 6 nitrogen and oxygen atoms in total. The summed E-state index contributed by atoms with van der Waals surface area (Å²) in [5.41, 5.74) is -1.57. The van der Waals surface area contributed by atoms with Crippen molar-refractivity contribution in [1.29, 1.82) is 0 Å². The molecular formula is C19H12BrF5N4O2. The fraction of sp³-hybridized carbons (Fsp3) is 0.211. The van der Waals surface area contributed by atoms with Crippen molar-refractivity contribution in [1.82, 2.24) is 19.1 Å². The second kappa shape index (κ2) is 7.59. The molecule has 12 heteroatoms. The number of ether oxygens (including phenoxy) is 1. The molecule has 1 aromatic carbocycles. The van der Waals surface area contributed by atoms with Crippen LogP contribution in [0.1, 0.15) is 5.56 Å². The molecule has 0 fully saturated rings. The van der Waals surface area contributed by atoms with E-state index in [2.05, 4.69) is 25.9 Å². The quantitative estimate of drug-likeness (QED) is 0.388. The molecule has 0 aliphatic carbocycles. The van der Waals surface area contributed by atoms with Crippen LogP contribution in [0.3, 0.4) is 0 Å². The first kappa shape index (κ1) is 21.2. The lowest BCUT2D eigenvalue weighted by Crippen LogP contribution is -2.30. The first-order valence-electron chi connectivity index (χ1n) is 8.72. The third-order valence-corrected chi connectivity index (χ3v) is 5.11. The molecule has 0 saturated carbocycles. The van der Waals surface area contributed by atoms with Crippen LogP contribution in [0, 0.1) is 11.6 Å². The molecule has 0 amide bonds. The lowest BCUT2D eigenvalue weighted by molar-refractivity contribution is -0.140. The largest absolute Gasteiger partial charge is 0.481 e. The molecule has 0 radical (unpaired) electrons. The molecule has 0 spiro atoms. The van der Waals surface area contributed by atoms with Crippen molar-refractivity contribution >= 4 is 38.0 Å². The zero-order valence-electron chi connectivity index (χ0n) is 15.7. The van der Waals surface area contributed by atoms with Gasteiger partial charge in [0, 0.05) is 21.5 Å². The summed E-state index contributed by atoms with van der Waals surface area (Å²) in [5, 5.41) is 0.231. The average molecular weight is 503 g/mol. The van der Waals surface area contributed by atoms with Crippen LogP contribution in [0.5, 0.6) is 5.88 Å². The second-order valence-electron chi connectivity index (χ2n) is 6.63. The van der Waals surface area contributed by atoms with E-state index in [9.17, 15) is 26.7 Å². The minimum Gasteiger partial charge on any atom is -0.481 e. The van der Waals surface area contributed by atoms with Gasteiger partial charge in [0.25, 0.3) is 0 Å². The molecule has 3 aromatic heterocycles. The molecule has 3 heterocycles. The molecule has 0 aliphatic heterocycles. The number of nitrogens with zero attached hydrogens (tertiary/aromatic N) is 4. The summed E-state index contributed by atoms with van der Waals surface area (Å²) in [7, 11) is 1.38. The van der Waals surface area contributed by atoms with Crippen molar-refractivity contribution < 1.29 is 26.7 Å². The van der Waals surface area contributed by atoms with Crippen LogP contribution >= 0.6 is 15.9 Å². The Labute approximate surface area is 179 Å². The highest BCUT2D eigenvalue weighted by Gasteiger charge is 2.31. The highest BCUT2D eigenvalue weighted by atomic mass is 79.9. The van der Waals surface area contributed by atoms with E-state index in [4.69, 9.17) is 4.74 Å². The summed E-state index contributed by atoms with van der Waals surface area (Å²) >= 11 is 2.96.